The summed E-state index contributed by atoms with van der Waals surface area (Å²) in [4.78, 5) is 19.7. The third-order valence-corrected chi connectivity index (χ3v) is 6.06. The van der Waals surface area contributed by atoms with E-state index in [0.29, 0.717) is 5.69 Å². The van der Waals surface area contributed by atoms with Gasteiger partial charge in [-0.1, -0.05) is 42.5 Å². The lowest BCUT2D eigenvalue weighted by Gasteiger charge is -2.24. The number of amides is 1. The van der Waals surface area contributed by atoms with Crippen LogP contribution in [0.1, 0.15) is 39.5 Å². The first-order valence-electron chi connectivity index (χ1n) is 9.65. The number of hydrogen-bond acceptors (Lipinski definition) is 4. The highest BCUT2D eigenvalue weighted by molar-refractivity contribution is 7.09. The van der Waals surface area contributed by atoms with Gasteiger partial charge in [-0.25, -0.2) is 4.98 Å². The molecule has 4 nitrogen and oxygen atoms in total. The van der Waals surface area contributed by atoms with Crippen LogP contribution in [0.3, 0.4) is 0 Å². The van der Waals surface area contributed by atoms with Crippen molar-refractivity contribution < 1.29 is 9.53 Å². The summed E-state index contributed by atoms with van der Waals surface area (Å²) in [5.41, 5.74) is 2.99. The number of likely N-dealkylation sites (tertiary alicyclic amines) is 1. The second-order valence-corrected chi connectivity index (χ2v) is 8.08. The van der Waals surface area contributed by atoms with Crippen LogP contribution in [0.25, 0.3) is 0 Å². The van der Waals surface area contributed by atoms with Crippen LogP contribution in [0.15, 0.2) is 60.0 Å². The normalized spacial score (nSPS) is 16.3. The van der Waals surface area contributed by atoms with E-state index in [2.05, 4.69) is 29.2 Å². The number of methoxy groups -OCH3 is 1. The Morgan fingerprint density at radius 2 is 2.00 bits per heavy atom. The third-order valence-electron chi connectivity index (χ3n) is 5.21. The summed E-state index contributed by atoms with van der Waals surface area (Å²) in [7, 11) is 1.68. The highest BCUT2D eigenvalue weighted by atomic mass is 32.1. The van der Waals surface area contributed by atoms with Gasteiger partial charge in [-0.15, -0.1) is 11.3 Å². The third kappa shape index (κ3) is 4.25. The molecule has 1 unspecified atom stereocenters. The van der Waals surface area contributed by atoms with E-state index in [9.17, 15) is 4.79 Å². The highest BCUT2D eigenvalue weighted by Crippen LogP contribution is 2.25. The molecule has 1 aliphatic heterocycles. The number of ether oxygens (including phenoxy) is 1. The van der Waals surface area contributed by atoms with Gasteiger partial charge in [0.2, 0.25) is 0 Å². The molecule has 0 N–H and O–H groups in total. The molecular weight excluding hydrogens is 368 g/mol. The Hall–Kier alpha value is -2.66. The molecular formula is C23H24N2O2S. The van der Waals surface area contributed by atoms with E-state index in [1.54, 1.807) is 18.4 Å². The van der Waals surface area contributed by atoms with Crippen molar-refractivity contribution in [3.63, 3.8) is 0 Å². The van der Waals surface area contributed by atoms with Crippen LogP contribution < -0.4 is 4.74 Å². The van der Waals surface area contributed by atoms with Crippen molar-refractivity contribution in [2.45, 2.75) is 31.7 Å². The molecule has 1 fully saturated rings. The number of hydrogen-bond donors (Lipinski definition) is 0. The average molecular weight is 393 g/mol. The summed E-state index contributed by atoms with van der Waals surface area (Å²) in [6, 6.07) is 18.6. The number of rotatable bonds is 6. The predicted octanol–water partition coefficient (Wildman–Crippen LogP) is 4.59. The van der Waals surface area contributed by atoms with Gasteiger partial charge >= 0.3 is 0 Å². The van der Waals surface area contributed by atoms with Crippen LogP contribution >= 0.6 is 11.3 Å². The predicted molar refractivity (Wildman–Crippen MR) is 112 cm³/mol. The van der Waals surface area contributed by atoms with Gasteiger partial charge in [-0.05, 0) is 42.5 Å². The molecule has 0 spiro atoms. The number of aromatic nitrogens is 1. The fourth-order valence-corrected chi connectivity index (χ4v) is 4.60. The molecule has 4 rings (SSSR count). The topological polar surface area (TPSA) is 42.4 Å². The molecule has 0 aliphatic carbocycles. The first kappa shape index (κ1) is 18.7. The molecule has 0 saturated carbocycles. The average Bonchev–Trinajstić information content (AvgIpc) is 3.38. The second-order valence-electron chi connectivity index (χ2n) is 7.14. The van der Waals surface area contributed by atoms with Crippen molar-refractivity contribution in [2.24, 2.45) is 0 Å². The van der Waals surface area contributed by atoms with E-state index in [1.165, 1.54) is 11.1 Å². The van der Waals surface area contributed by atoms with E-state index in [1.807, 2.05) is 40.6 Å². The van der Waals surface area contributed by atoms with E-state index >= 15 is 0 Å². The Balaban J connectivity index is 1.44. The molecule has 2 heterocycles. The Kier molecular flexibility index (Phi) is 5.72. The van der Waals surface area contributed by atoms with Crippen LogP contribution in [0.2, 0.25) is 0 Å². The van der Waals surface area contributed by atoms with Crippen molar-refractivity contribution in [3.05, 3.63) is 81.8 Å². The van der Waals surface area contributed by atoms with Crippen LogP contribution in [0.5, 0.6) is 5.75 Å². The molecule has 3 aromatic rings. The maximum absolute atomic E-state index is 13.1. The summed E-state index contributed by atoms with van der Waals surface area (Å²) in [5.74, 6) is 0.916. The van der Waals surface area contributed by atoms with Crippen LogP contribution in [0.4, 0.5) is 0 Å². The molecule has 1 amide bonds. The quantitative estimate of drug-likeness (QED) is 0.616. The molecule has 0 bridgehead atoms. The lowest BCUT2D eigenvalue weighted by atomic mass is 10.0. The van der Waals surface area contributed by atoms with Gasteiger partial charge in [0, 0.05) is 24.4 Å². The van der Waals surface area contributed by atoms with E-state index < -0.39 is 0 Å². The summed E-state index contributed by atoms with van der Waals surface area (Å²) in [6.07, 6.45) is 3.70. The molecule has 2 aromatic carbocycles. The van der Waals surface area contributed by atoms with Gasteiger partial charge in [-0.3, -0.25) is 4.79 Å². The van der Waals surface area contributed by atoms with Gasteiger partial charge < -0.3 is 9.64 Å². The van der Waals surface area contributed by atoms with Gasteiger partial charge in [0.15, 0.2) is 0 Å². The van der Waals surface area contributed by atoms with E-state index in [-0.39, 0.29) is 11.9 Å². The zero-order chi connectivity index (χ0) is 19.3. The lowest BCUT2D eigenvalue weighted by molar-refractivity contribution is 0.0731. The van der Waals surface area contributed by atoms with Gasteiger partial charge in [0.25, 0.3) is 5.91 Å². The Morgan fingerprint density at radius 3 is 2.82 bits per heavy atom. The zero-order valence-corrected chi connectivity index (χ0v) is 16.8. The first-order valence-corrected chi connectivity index (χ1v) is 10.5. The molecule has 28 heavy (non-hydrogen) atoms. The monoisotopic (exact) mass is 392 g/mol. The highest BCUT2D eigenvalue weighted by Gasteiger charge is 2.30. The van der Waals surface area contributed by atoms with Crippen LogP contribution in [-0.4, -0.2) is 35.5 Å². The molecule has 1 atom stereocenters. The molecule has 5 heteroatoms. The minimum atomic E-state index is 0.0564. The Morgan fingerprint density at radius 1 is 1.18 bits per heavy atom. The number of nitrogens with zero attached hydrogens (tertiary/aromatic N) is 2. The minimum Gasteiger partial charge on any atom is -0.497 e. The van der Waals surface area contributed by atoms with Crippen molar-refractivity contribution in [1.82, 2.24) is 9.88 Å². The van der Waals surface area contributed by atoms with Crippen molar-refractivity contribution in [2.75, 3.05) is 13.7 Å². The number of benzene rings is 2. The summed E-state index contributed by atoms with van der Waals surface area (Å²) in [5, 5.41) is 2.89. The largest absolute Gasteiger partial charge is 0.497 e. The number of carbonyl (C=O) groups excluding carboxylic acids is 1. The van der Waals surface area contributed by atoms with Crippen molar-refractivity contribution in [3.8, 4) is 5.75 Å². The number of thiazole rings is 1. The molecule has 1 aromatic heterocycles. The summed E-state index contributed by atoms with van der Waals surface area (Å²) < 4.78 is 5.33. The Labute approximate surface area is 169 Å². The lowest BCUT2D eigenvalue weighted by Crippen LogP contribution is -2.37. The van der Waals surface area contributed by atoms with Gasteiger partial charge in [0.1, 0.15) is 11.4 Å². The minimum absolute atomic E-state index is 0.0564. The number of carbonyl (C=O) groups is 1. The van der Waals surface area contributed by atoms with Crippen LogP contribution in [0, 0.1) is 0 Å². The first-order chi connectivity index (χ1) is 13.7. The SMILES string of the molecule is COc1cccc(CC2CCCN2C(=O)c2csc(Cc3ccccc3)n2)c1. The maximum Gasteiger partial charge on any atom is 0.273 e. The smallest absolute Gasteiger partial charge is 0.273 e. The Bertz CT molecular complexity index is 939. The summed E-state index contributed by atoms with van der Waals surface area (Å²) in [6.45, 7) is 0.805. The maximum atomic E-state index is 13.1. The van der Waals surface area contributed by atoms with E-state index in [4.69, 9.17) is 4.74 Å². The fraction of sp³-hybridized carbons (Fsp3) is 0.304. The molecule has 0 radical (unpaired) electrons. The van der Waals surface area contributed by atoms with E-state index in [0.717, 1.165) is 43.0 Å². The second kappa shape index (κ2) is 8.57. The zero-order valence-electron chi connectivity index (χ0n) is 16.0. The van der Waals surface area contributed by atoms with Crippen molar-refractivity contribution in [1.29, 1.82) is 0 Å². The van der Waals surface area contributed by atoms with Gasteiger partial charge in [-0.2, -0.15) is 0 Å². The van der Waals surface area contributed by atoms with Gasteiger partial charge in [0.05, 0.1) is 12.1 Å². The molecule has 1 aliphatic rings. The van der Waals surface area contributed by atoms with Crippen LogP contribution in [-0.2, 0) is 12.8 Å². The van der Waals surface area contributed by atoms with Crippen molar-refractivity contribution >= 4 is 17.2 Å². The fourth-order valence-electron chi connectivity index (χ4n) is 3.79. The molecule has 1 saturated heterocycles. The summed E-state index contributed by atoms with van der Waals surface area (Å²) >= 11 is 1.57. The standard InChI is InChI=1S/C23H24N2O2S/c1-27-20-11-5-9-18(14-20)13-19-10-6-12-25(19)23(26)21-16-28-22(24-21)15-17-7-3-2-4-8-17/h2-5,7-9,11,14,16,19H,6,10,12-13,15H2,1H3. The molecule has 144 valence electrons.